The molecule has 1 aliphatic rings. The van der Waals surface area contributed by atoms with Crippen LogP contribution in [0.15, 0.2) is 30.6 Å². The molecule has 1 heterocycles. The van der Waals surface area contributed by atoms with E-state index in [1.807, 2.05) is 24.5 Å². The van der Waals surface area contributed by atoms with Gasteiger partial charge in [-0.2, -0.15) is 0 Å². The summed E-state index contributed by atoms with van der Waals surface area (Å²) in [6, 6.07) is 8.56. The number of rotatable bonds is 3. The third kappa shape index (κ3) is 2.62. The number of anilines is 1. The van der Waals surface area contributed by atoms with Gasteiger partial charge in [0.1, 0.15) is 12.2 Å². The minimum Gasteiger partial charge on any atom is -0.398 e. The standard InChI is InChI=1S/C15H20N4/c16-14-9-5-4-6-12(14)10-15-18-17-11-19(15)13-7-2-1-3-8-13/h4-6,9,11,13H,1-3,7-8,10,16H2. The molecule has 1 aliphatic carbocycles. The van der Waals surface area contributed by atoms with E-state index in [2.05, 4.69) is 20.8 Å². The van der Waals surface area contributed by atoms with Crippen molar-refractivity contribution in [3.63, 3.8) is 0 Å². The smallest absolute Gasteiger partial charge is 0.137 e. The summed E-state index contributed by atoms with van der Waals surface area (Å²) in [6.45, 7) is 0. The van der Waals surface area contributed by atoms with Crippen LogP contribution in [0.25, 0.3) is 0 Å². The summed E-state index contributed by atoms with van der Waals surface area (Å²) in [5, 5.41) is 8.38. The predicted octanol–water partition coefficient (Wildman–Crippen LogP) is 2.96. The summed E-state index contributed by atoms with van der Waals surface area (Å²) in [5.41, 5.74) is 7.97. The van der Waals surface area contributed by atoms with E-state index < -0.39 is 0 Å². The molecule has 2 aromatic rings. The van der Waals surface area contributed by atoms with Crippen molar-refractivity contribution in [2.24, 2.45) is 0 Å². The molecule has 2 N–H and O–H groups in total. The molecule has 0 spiro atoms. The zero-order valence-electron chi connectivity index (χ0n) is 11.1. The molecule has 1 aromatic carbocycles. The van der Waals surface area contributed by atoms with Gasteiger partial charge in [-0.05, 0) is 24.5 Å². The lowest BCUT2D eigenvalue weighted by Crippen LogP contribution is -2.15. The van der Waals surface area contributed by atoms with Gasteiger partial charge in [-0.25, -0.2) is 0 Å². The van der Waals surface area contributed by atoms with E-state index in [4.69, 9.17) is 5.73 Å². The van der Waals surface area contributed by atoms with E-state index in [0.29, 0.717) is 6.04 Å². The lowest BCUT2D eigenvalue weighted by molar-refractivity contribution is 0.346. The molecule has 4 heteroatoms. The van der Waals surface area contributed by atoms with Gasteiger partial charge in [-0.3, -0.25) is 0 Å². The Morgan fingerprint density at radius 2 is 1.95 bits per heavy atom. The molecule has 0 unspecified atom stereocenters. The van der Waals surface area contributed by atoms with E-state index in [0.717, 1.165) is 23.5 Å². The van der Waals surface area contributed by atoms with Crippen LogP contribution in [0.1, 0.15) is 49.5 Å². The lowest BCUT2D eigenvalue weighted by atomic mass is 9.95. The first-order chi connectivity index (χ1) is 9.34. The second-order valence-corrected chi connectivity index (χ2v) is 5.32. The largest absolute Gasteiger partial charge is 0.398 e. The highest BCUT2D eigenvalue weighted by atomic mass is 15.3. The Kier molecular flexibility index (Phi) is 3.49. The number of para-hydroxylation sites is 1. The maximum atomic E-state index is 6.01. The zero-order valence-corrected chi connectivity index (χ0v) is 11.1. The van der Waals surface area contributed by atoms with E-state index in [-0.39, 0.29) is 0 Å². The molecule has 100 valence electrons. The Balaban J connectivity index is 1.82. The SMILES string of the molecule is Nc1ccccc1Cc1nncn1C1CCCCC1. The van der Waals surface area contributed by atoms with Gasteiger partial charge < -0.3 is 10.3 Å². The predicted molar refractivity (Wildman–Crippen MR) is 75.8 cm³/mol. The van der Waals surface area contributed by atoms with Crippen molar-refractivity contribution in [1.29, 1.82) is 0 Å². The Morgan fingerprint density at radius 1 is 1.16 bits per heavy atom. The van der Waals surface area contributed by atoms with Crippen molar-refractivity contribution < 1.29 is 0 Å². The van der Waals surface area contributed by atoms with E-state index in [1.165, 1.54) is 32.1 Å². The van der Waals surface area contributed by atoms with Crippen molar-refractivity contribution >= 4 is 5.69 Å². The van der Waals surface area contributed by atoms with Crippen LogP contribution in [0.5, 0.6) is 0 Å². The maximum Gasteiger partial charge on any atom is 0.137 e. The molecule has 0 saturated heterocycles. The summed E-state index contributed by atoms with van der Waals surface area (Å²) in [5.74, 6) is 1.03. The molecule has 0 aliphatic heterocycles. The molecule has 0 bridgehead atoms. The fourth-order valence-electron chi connectivity index (χ4n) is 2.92. The third-order valence-electron chi connectivity index (χ3n) is 4.02. The highest BCUT2D eigenvalue weighted by Crippen LogP contribution is 2.29. The average molecular weight is 256 g/mol. The number of hydrogen-bond acceptors (Lipinski definition) is 3. The van der Waals surface area contributed by atoms with E-state index in [1.54, 1.807) is 0 Å². The Morgan fingerprint density at radius 3 is 2.74 bits per heavy atom. The number of nitrogens with two attached hydrogens (primary N) is 1. The van der Waals surface area contributed by atoms with E-state index in [9.17, 15) is 0 Å². The molecule has 3 rings (SSSR count). The van der Waals surface area contributed by atoms with Crippen LogP contribution in [0.4, 0.5) is 5.69 Å². The van der Waals surface area contributed by atoms with Crippen LogP contribution >= 0.6 is 0 Å². The summed E-state index contributed by atoms with van der Waals surface area (Å²) < 4.78 is 2.26. The summed E-state index contributed by atoms with van der Waals surface area (Å²) in [4.78, 5) is 0. The van der Waals surface area contributed by atoms with Gasteiger partial charge in [-0.15, -0.1) is 10.2 Å². The van der Waals surface area contributed by atoms with Gasteiger partial charge in [0.05, 0.1) is 0 Å². The molecule has 1 aromatic heterocycles. The fourth-order valence-corrected chi connectivity index (χ4v) is 2.92. The van der Waals surface area contributed by atoms with Crippen molar-refractivity contribution in [2.45, 2.75) is 44.6 Å². The molecule has 0 amide bonds. The molecule has 4 nitrogen and oxygen atoms in total. The van der Waals surface area contributed by atoms with Crippen molar-refractivity contribution in [3.8, 4) is 0 Å². The Labute approximate surface area is 113 Å². The molecule has 0 radical (unpaired) electrons. The average Bonchev–Trinajstić information content (AvgIpc) is 2.91. The molecule has 1 saturated carbocycles. The van der Waals surface area contributed by atoms with Gasteiger partial charge in [0.15, 0.2) is 0 Å². The summed E-state index contributed by atoms with van der Waals surface area (Å²) in [6.07, 6.45) is 9.13. The first-order valence-corrected chi connectivity index (χ1v) is 7.06. The minimum absolute atomic E-state index is 0.573. The van der Waals surface area contributed by atoms with Crippen LogP contribution in [0.2, 0.25) is 0 Å². The normalized spacial score (nSPS) is 16.6. The van der Waals surface area contributed by atoms with Gasteiger partial charge in [0.2, 0.25) is 0 Å². The zero-order chi connectivity index (χ0) is 13.1. The molecular weight excluding hydrogens is 236 g/mol. The number of hydrogen-bond donors (Lipinski definition) is 1. The molecular formula is C15H20N4. The van der Waals surface area contributed by atoms with Crippen LogP contribution in [-0.2, 0) is 6.42 Å². The highest BCUT2D eigenvalue weighted by molar-refractivity contribution is 5.47. The first-order valence-electron chi connectivity index (χ1n) is 7.06. The number of benzene rings is 1. The van der Waals surface area contributed by atoms with Gasteiger partial charge in [0, 0.05) is 18.2 Å². The lowest BCUT2D eigenvalue weighted by Gasteiger charge is -2.24. The monoisotopic (exact) mass is 256 g/mol. The van der Waals surface area contributed by atoms with Crippen LogP contribution in [-0.4, -0.2) is 14.8 Å². The summed E-state index contributed by atoms with van der Waals surface area (Å²) >= 11 is 0. The molecule has 19 heavy (non-hydrogen) atoms. The Bertz CT molecular complexity index is 541. The number of nitrogens with zero attached hydrogens (tertiary/aromatic N) is 3. The second-order valence-electron chi connectivity index (χ2n) is 5.32. The first kappa shape index (κ1) is 12.2. The van der Waals surface area contributed by atoms with Crippen molar-refractivity contribution in [2.75, 3.05) is 5.73 Å². The van der Waals surface area contributed by atoms with Crippen molar-refractivity contribution in [1.82, 2.24) is 14.8 Å². The van der Waals surface area contributed by atoms with Crippen LogP contribution in [0, 0.1) is 0 Å². The summed E-state index contributed by atoms with van der Waals surface area (Å²) in [7, 11) is 0. The minimum atomic E-state index is 0.573. The number of aromatic nitrogens is 3. The number of nitrogen functional groups attached to an aromatic ring is 1. The van der Waals surface area contributed by atoms with E-state index >= 15 is 0 Å². The molecule has 0 atom stereocenters. The third-order valence-corrected chi connectivity index (χ3v) is 4.02. The van der Waals surface area contributed by atoms with Gasteiger partial charge in [-0.1, -0.05) is 37.5 Å². The second kappa shape index (κ2) is 5.43. The van der Waals surface area contributed by atoms with Crippen LogP contribution in [0.3, 0.4) is 0 Å². The van der Waals surface area contributed by atoms with Crippen molar-refractivity contribution in [3.05, 3.63) is 42.0 Å². The van der Waals surface area contributed by atoms with Gasteiger partial charge in [0.25, 0.3) is 0 Å². The highest BCUT2D eigenvalue weighted by Gasteiger charge is 2.18. The molecule has 1 fully saturated rings. The van der Waals surface area contributed by atoms with Crippen LogP contribution < -0.4 is 5.73 Å². The Hall–Kier alpha value is -1.84. The fraction of sp³-hybridized carbons (Fsp3) is 0.467. The topological polar surface area (TPSA) is 56.7 Å². The van der Waals surface area contributed by atoms with Gasteiger partial charge >= 0.3 is 0 Å². The maximum absolute atomic E-state index is 6.01. The quantitative estimate of drug-likeness (QED) is 0.859.